The Morgan fingerprint density at radius 1 is 1.27 bits per heavy atom. The van der Waals surface area contributed by atoms with Crippen LogP contribution in [0.25, 0.3) is 0 Å². The van der Waals surface area contributed by atoms with Gasteiger partial charge in [0.1, 0.15) is 0 Å². The van der Waals surface area contributed by atoms with Crippen LogP contribution >= 0.6 is 0 Å². The standard InChI is InChI=1S/C17H25N3O2/c1-13(14-5-3-2-4-6-14)19-16(21)9-12-20-10-7-15(8-11-20)17(18)22/h2-6,13,15H,7-12H2,1H3,(H2,18,22)(H,19,21). The van der Waals surface area contributed by atoms with Gasteiger partial charge in [-0.2, -0.15) is 0 Å². The summed E-state index contributed by atoms with van der Waals surface area (Å²) in [4.78, 5) is 25.4. The molecule has 5 nitrogen and oxygen atoms in total. The lowest BCUT2D eigenvalue weighted by atomic mass is 9.96. The molecule has 5 heteroatoms. The molecule has 2 rings (SSSR count). The summed E-state index contributed by atoms with van der Waals surface area (Å²) >= 11 is 0. The number of hydrogen-bond donors (Lipinski definition) is 2. The Morgan fingerprint density at radius 3 is 2.50 bits per heavy atom. The second-order valence-corrected chi connectivity index (χ2v) is 5.97. The molecular weight excluding hydrogens is 278 g/mol. The quantitative estimate of drug-likeness (QED) is 0.835. The molecule has 0 saturated carbocycles. The number of nitrogens with zero attached hydrogens (tertiary/aromatic N) is 1. The lowest BCUT2D eigenvalue weighted by Crippen LogP contribution is -2.40. The number of piperidine rings is 1. The molecule has 3 N–H and O–H groups in total. The van der Waals surface area contributed by atoms with Crippen LogP contribution in [0.4, 0.5) is 0 Å². The van der Waals surface area contributed by atoms with Crippen molar-refractivity contribution in [1.82, 2.24) is 10.2 Å². The van der Waals surface area contributed by atoms with E-state index in [0.29, 0.717) is 6.42 Å². The van der Waals surface area contributed by atoms with Gasteiger partial charge in [0.15, 0.2) is 0 Å². The lowest BCUT2D eigenvalue weighted by Gasteiger charge is -2.30. The summed E-state index contributed by atoms with van der Waals surface area (Å²) in [7, 11) is 0. The molecule has 1 aliphatic rings. The molecule has 1 saturated heterocycles. The minimum atomic E-state index is -0.200. The van der Waals surface area contributed by atoms with Crippen molar-refractivity contribution in [2.75, 3.05) is 19.6 Å². The third-order valence-electron chi connectivity index (χ3n) is 4.32. The van der Waals surface area contributed by atoms with Crippen molar-refractivity contribution in [2.45, 2.75) is 32.2 Å². The highest BCUT2D eigenvalue weighted by Crippen LogP contribution is 2.17. The Bertz CT molecular complexity index is 496. The molecule has 1 aromatic rings. The van der Waals surface area contributed by atoms with Gasteiger partial charge in [-0.3, -0.25) is 9.59 Å². The van der Waals surface area contributed by atoms with Gasteiger partial charge in [-0.05, 0) is 38.4 Å². The second kappa shape index (κ2) is 7.94. The first-order chi connectivity index (χ1) is 10.6. The summed E-state index contributed by atoms with van der Waals surface area (Å²) in [6.07, 6.45) is 2.09. The van der Waals surface area contributed by atoms with Crippen LogP contribution in [0.3, 0.4) is 0 Å². The summed E-state index contributed by atoms with van der Waals surface area (Å²) in [6.45, 7) is 4.41. The van der Waals surface area contributed by atoms with Gasteiger partial charge in [0.2, 0.25) is 11.8 Å². The summed E-state index contributed by atoms with van der Waals surface area (Å²) in [5.74, 6) is -0.134. The van der Waals surface area contributed by atoms with E-state index in [9.17, 15) is 9.59 Å². The van der Waals surface area contributed by atoms with E-state index in [-0.39, 0.29) is 23.8 Å². The molecule has 0 aliphatic carbocycles. The van der Waals surface area contributed by atoms with E-state index in [4.69, 9.17) is 5.73 Å². The van der Waals surface area contributed by atoms with E-state index >= 15 is 0 Å². The van der Waals surface area contributed by atoms with Crippen LogP contribution in [-0.2, 0) is 9.59 Å². The first kappa shape index (κ1) is 16.5. The van der Waals surface area contributed by atoms with Crippen molar-refractivity contribution in [1.29, 1.82) is 0 Å². The highest BCUT2D eigenvalue weighted by molar-refractivity contribution is 5.77. The Morgan fingerprint density at radius 2 is 1.91 bits per heavy atom. The predicted molar refractivity (Wildman–Crippen MR) is 86.0 cm³/mol. The first-order valence-corrected chi connectivity index (χ1v) is 7.92. The van der Waals surface area contributed by atoms with E-state index in [2.05, 4.69) is 10.2 Å². The highest BCUT2D eigenvalue weighted by atomic mass is 16.2. The summed E-state index contributed by atoms with van der Waals surface area (Å²) < 4.78 is 0. The molecule has 1 aromatic carbocycles. The zero-order chi connectivity index (χ0) is 15.9. The maximum Gasteiger partial charge on any atom is 0.221 e. The number of nitrogens with two attached hydrogens (primary N) is 1. The lowest BCUT2D eigenvalue weighted by molar-refractivity contribution is -0.124. The molecule has 0 aromatic heterocycles. The van der Waals surface area contributed by atoms with Crippen molar-refractivity contribution in [3.8, 4) is 0 Å². The molecule has 1 atom stereocenters. The molecule has 0 bridgehead atoms. The fraction of sp³-hybridized carbons (Fsp3) is 0.529. The Kier molecular flexibility index (Phi) is 5.95. The van der Waals surface area contributed by atoms with E-state index in [0.717, 1.165) is 38.0 Å². The van der Waals surface area contributed by atoms with Crippen molar-refractivity contribution in [3.05, 3.63) is 35.9 Å². The zero-order valence-electron chi connectivity index (χ0n) is 13.1. The summed E-state index contributed by atoms with van der Waals surface area (Å²) in [5.41, 5.74) is 6.43. The zero-order valence-corrected chi connectivity index (χ0v) is 13.1. The highest BCUT2D eigenvalue weighted by Gasteiger charge is 2.23. The number of amides is 2. The maximum atomic E-state index is 12.0. The molecule has 22 heavy (non-hydrogen) atoms. The molecule has 1 unspecified atom stereocenters. The number of benzene rings is 1. The van der Waals surface area contributed by atoms with Crippen molar-refractivity contribution in [2.24, 2.45) is 11.7 Å². The average molecular weight is 303 g/mol. The molecule has 0 spiro atoms. The molecule has 120 valence electrons. The van der Waals surface area contributed by atoms with Gasteiger partial charge < -0.3 is 16.0 Å². The van der Waals surface area contributed by atoms with Crippen LogP contribution in [0.15, 0.2) is 30.3 Å². The Balaban J connectivity index is 1.69. The van der Waals surface area contributed by atoms with Gasteiger partial charge in [-0.15, -0.1) is 0 Å². The van der Waals surface area contributed by atoms with Crippen molar-refractivity contribution >= 4 is 11.8 Å². The Hall–Kier alpha value is -1.88. The van der Waals surface area contributed by atoms with Crippen LogP contribution in [0.2, 0.25) is 0 Å². The minimum Gasteiger partial charge on any atom is -0.369 e. The third kappa shape index (κ3) is 4.84. The number of nitrogens with one attached hydrogen (secondary N) is 1. The smallest absolute Gasteiger partial charge is 0.221 e. The maximum absolute atomic E-state index is 12.0. The SMILES string of the molecule is CC(NC(=O)CCN1CCC(C(N)=O)CC1)c1ccccc1. The second-order valence-electron chi connectivity index (χ2n) is 5.97. The van der Waals surface area contributed by atoms with E-state index in [1.165, 1.54) is 0 Å². The minimum absolute atomic E-state index is 0.00294. The monoisotopic (exact) mass is 303 g/mol. The Labute approximate surface area is 131 Å². The molecule has 2 amide bonds. The number of hydrogen-bond acceptors (Lipinski definition) is 3. The molecule has 1 fully saturated rings. The van der Waals surface area contributed by atoms with Gasteiger partial charge >= 0.3 is 0 Å². The topological polar surface area (TPSA) is 75.4 Å². The molecule has 0 radical (unpaired) electrons. The van der Waals surface area contributed by atoms with Crippen molar-refractivity contribution < 1.29 is 9.59 Å². The van der Waals surface area contributed by atoms with Gasteiger partial charge in [0, 0.05) is 18.9 Å². The van der Waals surface area contributed by atoms with E-state index < -0.39 is 0 Å². The molecular formula is C17H25N3O2. The van der Waals surface area contributed by atoms with Gasteiger partial charge in [-0.1, -0.05) is 30.3 Å². The summed E-state index contributed by atoms with van der Waals surface area (Å²) in [5, 5.41) is 3.02. The van der Waals surface area contributed by atoms with Gasteiger partial charge in [0.25, 0.3) is 0 Å². The summed E-state index contributed by atoms with van der Waals surface area (Å²) in [6, 6.07) is 9.96. The number of carbonyl (C=O) groups excluding carboxylic acids is 2. The predicted octanol–water partition coefficient (Wildman–Crippen LogP) is 1.45. The van der Waals surface area contributed by atoms with Gasteiger partial charge in [-0.25, -0.2) is 0 Å². The molecule has 1 aliphatic heterocycles. The number of carbonyl (C=O) groups is 2. The molecule has 1 heterocycles. The van der Waals surface area contributed by atoms with Crippen LogP contribution in [-0.4, -0.2) is 36.3 Å². The van der Waals surface area contributed by atoms with Crippen molar-refractivity contribution in [3.63, 3.8) is 0 Å². The van der Waals surface area contributed by atoms with Gasteiger partial charge in [0.05, 0.1) is 6.04 Å². The first-order valence-electron chi connectivity index (χ1n) is 7.92. The van der Waals surface area contributed by atoms with Crippen LogP contribution in [0.1, 0.15) is 37.8 Å². The van der Waals surface area contributed by atoms with Crippen LogP contribution in [0.5, 0.6) is 0 Å². The fourth-order valence-electron chi connectivity index (χ4n) is 2.84. The number of primary amides is 1. The number of rotatable bonds is 6. The van der Waals surface area contributed by atoms with E-state index in [1.54, 1.807) is 0 Å². The largest absolute Gasteiger partial charge is 0.369 e. The average Bonchev–Trinajstić information content (AvgIpc) is 2.54. The van der Waals surface area contributed by atoms with Crippen LogP contribution in [0, 0.1) is 5.92 Å². The third-order valence-corrected chi connectivity index (χ3v) is 4.32. The number of likely N-dealkylation sites (tertiary alicyclic amines) is 1. The fourth-order valence-corrected chi connectivity index (χ4v) is 2.84. The van der Waals surface area contributed by atoms with Crippen LogP contribution < -0.4 is 11.1 Å². The normalized spacial score (nSPS) is 17.9. The van der Waals surface area contributed by atoms with E-state index in [1.807, 2.05) is 37.3 Å².